The first-order valence-electron chi connectivity index (χ1n) is 11.0. The number of anilines is 1. The maximum Gasteiger partial charge on any atom is 0.261 e. The zero-order valence-electron chi connectivity index (χ0n) is 19.8. The molecule has 3 rings (SSSR count). The second-order valence-corrected chi connectivity index (χ2v) is 10.3. The molecule has 1 amide bonds. The van der Waals surface area contributed by atoms with Crippen molar-refractivity contribution in [1.82, 2.24) is 9.80 Å². The molecular formula is C24H33N3O5S. The van der Waals surface area contributed by atoms with Gasteiger partial charge in [-0.25, -0.2) is 8.42 Å². The topological polar surface area (TPSA) is 88.2 Å². The Kier molecular flexibility index (Phi) is 7.99. The number of carbonyl (C=O) groups is 1. The number of ether oxygens (including phenoxy) is 2. The number of hydrogen-bond acceptors (Lipinski definition) is 6. The molecule has 0 aliphatic carbocycles. The number of amides is 1. The van der Waals surface area contributed by atoms with E-state index in [9.17, 15) is 13.2 Å². The first kappa shape index (κ1) is 25.0. The molecule has 33 heavy (non-hydrogen) atoms. The van der Waals surface area contributed by atoms with E-state index < -0.39 is 10.0 Å². The fourth-order valence-corrected chi connectivity index (χ4v) is 4.91. The third kappa shape index (κ3) is 6.04. The Balaban J connectivity index is 1.96. The number of hydrogen-bond donors (Lipinski definition) is 1. The van der Waals surface area contributed by atoms with Crippen LogP contribution in [-0.4, -0.2) is 77.2 Å². The Morgan fingerprint density at radius 1 is 1.06 bits per heavy atom. The highest BCUT2D eigenvalue weighted by Gasteiger charge is 2.27. The number of fused-ring (bicyclic) bond motifs is 1. The van der Waals surface area contributed by atoms with E-state index >= 15 is 0 Å². The molecule has 1 aliphatic heterocycles. The maximum atomic E-state index is 13.4. The Labute approximate surface area is 196 Å². The molecule has 0 bridgehead atoms. The third-order valence-corrected chi connectivity index (χ3v) is 7.46. The van der Waals surface area contributed by atoms with E-state index in [1.807, 2.05) is 7.05 Å². The summed E-state index contributed by atoms with van der Waals surface area (Å²) in [5.74, 6) is 0.347. The van der Waals surface area contributed by atoms with Gasteiger partial charge in [0.25, 0.3) is 15.9 Å². The van der Waals surface area contributed by atoms with Gasteiger partial charge in [-0.1, -0.05) is 25.1 Å². The van der Waals surface area contributed by atoms with Crippen molar-refractivity contribution in [3.05, 3.63) is 54.1 Å². The molecule has 0 unspecified atom stereocenters. The minimum absolute atomic E-state index is 0.112. The lowest BCUT2D eigenvalue weighted by Crippen LogP contribution is -2.45. The van der Waals surface area contributed by atoms with Gasteiger partial charge in [0.1, 0.15) is 12.4 Å². The van der Waals surface area contributed by atoms with E-state index in [2.05, 4.69) is 23.5 Å². The van der Waals surface area contributed by atoms with Crippen molar-refractivity contribution in [3.63, 3.8) is 0 Å². The van der Waals surface area contributed by atoms with E-state index in [1.165, 1.54) is 18.2 Å². The van der Waals surface area contributed by atoms with Crippen LogP contribution in [0.25, 0.3) is 0 Å². The fourth-order valence-electron chi connectivity index (χ4n) is 3.83. The summed E-state index contributed by atoms with van der Waals surface area (Å²) >= 11 is 0. The minimum Gasteiger partial charge on any atom is -0.491 e. The molecule has 2 aromatic carbocycles. The van der Waals surface area contributed by atoms with Gasteiger partial charge in [-0.05, 0) is 50.2 Å². The van der Waals surface area contributed by atoms with Crippen LogP contribution in [0.4, 0.5) is 5.69 Å². The lowest BCUT2D eigenvalue weighted by Gasteiger charge is -2.34. The molecule has 9 heteroatoms. The summed E-state index contributed by atoms with van der Waals surface area (Å²) in [4.78, 5) is 17.3. The van der Waals surface area contributed by atoms with Crippen molar-refractivity contribution in [1.29, 1.82) is 0 Å². The molecule has 1 N–H and O–H groups in total. The lowest BCUT2D eigenvalue weighted by molar-refractivity contribution is 0.0150. The molecule has 1 aliphatic rings. The van der Waals surface area contributed by atoms with Crippen molar-refractivity contribution in [3.8, 4) is 5.75 Å². The number of sulfonamides is 1. The quantitative estimate of drug-likeness (QED) is 0.732. The highest BCUT2D eigenvalue weighted by Crippen LogP contribution is 2.27. The van der Waals surface area contributed by atoms with E-state index in [0.29, 0.717) is 24.5 Å². The van der Waals surface area contributed by atoms with Crippen LogP contribution in [0.15, 0.2) is 53.4 Å². The molecule has 0 fully saturated rings. The number of likely N-dealkylation sites (N-methyl/N-ethyl adjacent to an activating group) is 2. The van der Waals surface area contributed by atoms with Crippen LogP contribution in [-0.2, 0) is 14.8 Å². The number of nitrogens with zero attached hydrogens (tertiary/aromatic N) is 2. The van der Waals surface area contributed by atoms with Crippen molar-refractivity contribution in [2.75, 3.05) is 45.6 Å². The lowest BCUT2D eigenvalue weighted by atomic mass is 10.0. The monoisotopic (exact) mass is 475 g/mol. The predicted molar refractivity (Wildman–Crippen MR) is 128 cm³/mol. The SMILES string of the molecule is CO[C@@H]1CN(C)C(=O)c2cc(NS(=O)(=O)c3ccccc3)ccc2OC[C@@H](C)N(C)C[C@@H]1C. The van der Waals surface area contributed by atoms with Crippen LogP contribution in [0.3, 0.4) is 0 Å². The Bertz CT molecular complexity index is 1060. The highest BCUT2D eigenvalue weighted by atomic mass is 32.2. The zero-order chi connectivity index (χ0) is 24.2. The largest absolute Gasteiger partial charge is 0.491 e. The van der Waals surface area contributed by atoms with Gasteiger partial charge in [-0.3, -0.25) is 14.4 Å². The van der Waals surface area contributed by atoms with Crippen molar-refractivity contribution >= 4 is 21.6 Å². The van der Waals surface area contributed by atoms with Gasteiger partial charge >= 0.3 is 0 Å². The van der Waals surface area contributed by atoms with Crippen LogP contribution in [0.5, 0.6) is 5.75 Å². The molecule has 180 valence electrons. The van der Waals surface area contributed by atoms with Crippen molar-refractivity contribution < 1.29 is 22.7 Å². The van der Waals surface area contributed by atoms with Gasteiger partial charge in [0.05, 0.1) is 16.6 Å². The number of nitrogens with one attached hydrogen (secondary N) is 1. The number of benzene rings is 2. The average Bonchev–Trinajstić information content (AvgIpc) is 2.80. The maximum absolute atomic E-state index is 13.4. The van der Waals surface area contributed by atoms with Gasteiger partial charge in [-0.2, -0.15) is 0 Å². The van der Waals surface area contributed by atoms with Crippen LogP contribution >= 0.6 is 0 Å². The molecule has 0 aromatic heterocycles. The standard InChI is InChI=1S/C24H33N3O5S/c1-17-14-26(3)18(2)16-32-22-12-11-19(25-33(29,30)20-9-7-6-8-10-20)13-21(22)24(28)27(4)15-23(17)31-5/h6-13,17-18,23,25H,14-16H2,1-5H3/t17-,18+,23+/m0/s1. The first-order valence-corrected chi connectivity index (χ1v) is 12.4. The van der Waals surface area contributed by atoms with Gasteiger partial charge < -0.3 is 14.4 Å². The minimum atomic E-state index is -3.79. The second-order valence-electron chi connectivity index (χ2n) is 8.67. The molecule has 0 spiro atoms. The molecule has 0 radical (unpaired) electrons. The summed E-state index contributed by atoms with van der Waals surface area (Å²) in [5.41, 5.74) is 0.584. The normalized spacial score (nSPS) is 23.1. The van der Waals surface area contributed by atoms with E-state index in [0.717, 1.165) is 6.54 Å². The van der Waals surface area contributed by atoms with Crippen LogP contribution in [0.2, 0.25) is 0 Å². The molecule has 0 saturated carbocycles. The van der Waals surface area contributed by atoms with E-state index in [4.69, 9.17) is 9.47 Å². The fraction of sp³-hybridized carbons (Fsp3) is 0.458. The second kappa shape index (κ2) is 10.5. The summed E-state index contributed by atoms with van der Waals surface area (Å²) in [6.45, 7) is 5.76. The summed E-state index contributed by atoms with van der Waals surface area (Å²) in [6.07, 6.45) is -0.142. The molecule has 3 atom stereocenters. The van der Waals surface area contributed by atoms with Gasteiger partial charge in [-0.15, -0.1) is 0 Å². The molecule has 8 nitrogen and oxygen atoms in total. The van der Waals surface area contributed by atoms with Crippen LogP contribution < -0.4 is 9.46 Å². The highest BCUT2D eigenvalue weighted by molar-refractivity contribution is 7.92. The summed E-state index contributed by atoms with van der Waals surface area (Å²) in [5, 5.41) is 0. The predicted octanol–water partition coefficient (Wildman–Crippen LogP) is 2.92. The van der Waals surface area contributed by atoms with Crippen molar-refractivity contribution in [2.45, 2.75) is 30.9 Å². The molecular weight excluding hydrogens is 442 g/mol. The van der Waals surface area contributed by atoms with Gasteiger partial charge in [0.15, 0.2) is 0 Å². The molecule has 1 heterocycles. The number of rotatable bonds is 4. The number of carbonyl (C=O) groups excluding carboxylic acids is 1. The zero-order valence-corrected chi connectivity index (χ0v) is 20.6. The van der Waals surface area contributed by atoms with Crippen LogP contribution in [0.1, 0.15) is 24.2 Å². The first-order chi connectivity index (χ1) is 15.6. The van der Waals surface area contributed by atoms with E-state index in [1.54, 1.807) is 49.4 Å². The summed E-state index contributed by atoms with van der Waals surface area (Å²) in [6, 6.07) is 13.0. The molecule has 2 aromatic rings. The average molecular weight is 476 g/mol. The summed E-state index contributed by atoms with van der Waals surface area (Å²) < 4.78 is 39.8. The van der Waals surface area contributed by atoms with Gasteiger partial charge in [0.2, 0.25) is 0 Å². The summed E-state index contributed by atoms with van der Waals surface area (Å²) in [7, 11) is 1.62. The Morgan fingerprint density at radius 3 is 2.42 bits per heavy atom. The van der Waals surface area contributed by atoms with Crippen molar-refractivity contribution in [2.24, 2.45) is 5.92 Å². The van der Waals surface area contributed by atoms with Gasteiger partial charge in [0, 0.05) is 39.0 Å². The van der Waals surface area contributed by atoms with Crippen LogP contribution in [0, 0.1) is 5.92 Å². The third-order valence-electron chi connectivity index (χ3n) is 6.06. The Hall–Kier alpha value is -2.62. The molecule has 0 saturated heterocycles. The number of methoxy groups -OCH3 is 1. The smallest absolute Gasteiger partial charge is 0.261 e. The Morgan fingerprint density at radius 2 is 1.76 bits per heavy atom. The van der Waals surface area contributed by atoms with E-state index in [-0.39, 0.29) is 34.6 Å².